The first-order chi connectivity index (χ1) is 20.8. The highest BCUT2D eigenvalue weighted by molar-refractivity contribution is 6.32. The zero-order valence-corrected chi connectivity index (χ0v) is 27.9. The van der Waals surface area contributed by atoms with Crippen LogP contribution in [-0.4, -0.2) is 86.4 Å². The number of alkyl carbamates (subject to hydrolysis) is 1. The third-order valence-corrected chi connectivity index (χ3v) is 7.98. The number of ether oxygens (including phenoxy) is 3. The number of aliphatic hydroxyl groups is 1. The van der Waals surface area contributed by atoms with Crippen LogP contribution in [-0.2, 0) is 25.5 Å². The molecule has 0 bridgehead atoms. The summed E-state index contributed by atoms with van der Waals surface area (Å²) >= 11 is 6.10. The summed E-state index contributed by atoms with van der Waals surface area (Å²) in [6.45, 7) is 7.75. The molecule has 5 N–H and O–H groups in total. The minimum absolute atomic E-state index is 0.00468. The van der Waals surface area contributed by atoms with Crippen molar-refractivity contribution < 1.29 is 38.8 Å². The topological polar surface area (TPSA) is 159 Å². The van der Waals surface area contributed by atoms with Gasteiger partial charge in [-0.2, -0.15) is 0 Å². The third kappa shape index (κ3) is 12.9. The number of allylic oxidation sites excluding steroid dienone is 3. The first kappa shape index (κ1) is 38.9. The first-order valence-electron chi connectivity index (χ1n) is 14.7. The van der Waals surface area contributed by atoms with Crippen molar-refractivity contribution in [1.82, 2.24) is 16.0 Å². The molecule has 1 aromatic carbocycles. The van der Waals surface area contributed by atoms with Crippen LogP contribution in [0.25, 0.3) is 0 Å². The lowest BCUT2D eigenvalue weighted by Crippen LogP contribution is -2.48. The number of carboxylic acids is 1. The van der Waals surface area contributed by atoms with Crippen molar-refractivity contribution in [3.8, 4) is 5.75 Å². The Labute approximate surface area is 266 Å². The number of aliphatic carboxylic acids is 1. The van der Waals surface area contributed by atoms with Gasteiger partial charge in [0.05, 0.1) is 23.8 Å². The minimum atomic E-state index is -0.817. The van der Waals surface area contributed by atoms with Gasteiger partial charge in [0.1, 0.15) is 17.9 Å². The van der Waals surface area contributed by atoms with Gasteiger partial charge in [-0.05, 0) is 64.8 Å². The predicted molar refractivity (Wildman–Crippen MR) is 171 cm³/mol. The van der Waals surface area contributed by atoms with Crippen molar-refractivity contribution in [3.05, 3.63) is 52.6 Å². The summed E-state index contributed by atoms with van der Waals surface area (Å²) in [5, 5.41) is 23.9. The van der Waals surface area contributed by atoms with E-state index in [9.17, 15) is 14.4 Å². The van der Waals surface area contributed by atoms with Crippen LogP contribution in [0.1, 0.15) is 58.9 Å². The van der Waals surface area contributed by atoms with E-state index in [4.69, 9.17) is 36.0 Å². The number of amides is 2. The van der Waals surface area contributed by atoms with E-state index in [1.165, 1.54) is 5.57 Å². The fourth-order valence-corrected chi connectivity index (χ4v) is 4.99. The normalized spacial score (nSPS) is 23.9. The molecule has 0 spiro atoms. The summed E-state index contributed by atoms with van der Waals surface area (Å²) in [5.41, 5.74) is 2.00. The second-order valence-electron chi connectivity index (χ2n) is 11.1. The summed E-state index contributed by atoms with van der Waals surface area (Å²) in [4.78, 5) is 33.6. The van der Waals surface area contributed by atoms with Crippen molar-refractivity contribution in [3.63, 3.8) is 0 Å². The Morgan fingerprint density at radius 1 is 1.27 bits per heavy atom. The Kier molecular flexibility index (Phi) is 17.1. The maximum absolute atomic E-state index is 12.2. The molecule has 44 heavy (non-hydrogen) atoms. The quantitative estimate of drug-likeness (QED) is 0.157. The average molecular weight is 640 g/mol. The van der Waals surface area contributed by atoms with Crippen LogP contribution >= 0.6 is 11.6 Å². The first-order valence-corrected chi connectivity index (χ1v) is 15.1. The zero-order chi connectivity index (χ0) is 33.4. The number of likely N-dealkylation sites (N-methyl/N-ethyl adjacent to an activating group) is 1. The van der Waals surface area contributed by atoms with E-state index in [0.717, 1.165) is 31.9 Å². The number of benzene rings is 1. The fourth-order valence-electron chi connectivity index (χ4n) is 4.80. The number of cyclic esters (lactones) is 1. The highest BCUT2D eigenvalue weighted by Gasteiger charge is 2.57. The van der Waals surface area contributed by atoms with E-state index < -0.39 is 12.0 Å². The smallest absolute Gasteiger partial charge is 0.407 e. The lowest BCUT2D eigenvalue weighted by molar-refractivity contribution is -0.138. The maximum atomic E-state index is 12.2. The monoisotopic (exact) mass is 639 g/mol. The van der Waals surface area contributed by atoms with Crippen LogP contribution in [0, 0.1) is 5.92 Å². The molecule has 0 aliphatic carbocycles. The Morgan fingerprint density at radius 3 is 2.52 bits per heavy atom. The maximum Gasteiger partial charge on any atom is 0.407 e. The molecule has 0 aromatic heterocycles. The van der Waals surface area contributed by atoms with Crippen LogP contribution in [0.4, 0.5) is 4.79 Å². The van der Waals surface area contributed by atoms with Crippen LogP contribution in [0.3, 0.4) is 0 Å². The Morgan fingerprint density at radius 2 is 1.95 bits per heavy atom. The van der Waals surface area contributed by atoms with Crippen molar-refractivity contribution in [1.29, 1.82) is 0 Å². The zero-order valence-electron chi connectivity index (χ0n) is 27.1. The lowest BCUT2D eigenvalue weighted by atomic mass is 9.86. The second-order valence-corrected chi connectivity index (χ2v) is 11.5. The number of hydrogen-bond donors (Lipinski definition) is 5. The van der Waals surface area contributed by atoms with E-state index in [-0.39, 0.29) is 41.8 Å². The molecule has 2 fully saturated rings. The van der Waals surface area contributed by atoms with Gasteiger partial charge in [0.25, 0.3) is 0 Å². The highest BCUT2D eigenvalue weighted by Crippen LogP contribution is 2.46. The number of aliphatic hydroxyl groups excluding tert-OH is 1. The number of halogens is 1. The van der Waals surface area contributed by atoms with E-state index in [1.807, 2.05) is 31.2 Å². The summed E-state index contributed by atoms with van der Waals surface area (Å²) in [6, 6.07) is 5.37. The molecule has 2 saturated heterocycles. The minimum Gasteiger partial charge on any atom is -0.495 e. The van der Waals surface area contributed by atoms with Gasteiger partial charge in [0.15, 0.2) is 0 Å². The molecule has 4 unspecified atom stereocenters. The molecule has 11 nitrogen and oxygen atoms in total. The largest absolute Gasteiger partial charge is 0.495 e. The van der Waals surface area contributed by atoms with Crippen molar-refractivity contribution in [2.45, 2.75) is 89.7 Å². The molecule has 0 radical (unpaired) electrons. The Balaban J connectivity index is 0.000000945. The number of carboxylic acid groups (broad SMARTS) is 1. The van der Waals surface area contributed by atoms with Gasteiger partial charge < -0.3 is 40.4 Å². The molecule has 2 amide bonds. The number of carbonyl (C=O) groups excluding carboxylic acids is 2. The van der Waals surface area contributed by atoms with Gasteiger partial charge in [0.2, 0.25) is 5.91 Å². The molecular formula is C32H50ClN3O8. The van der Waals surface area contributed by atoms with Crippen molar-refractivity contribution in [2.75, 3.05) is 28.3 Å². The number of hydrogen-bond acceptors (Lipinski definition) is 8. The summed E-state index contributed by atoms with van der Waals surface area (Å²) in [5.74, 6) is -0.0800. The van der Waals surface area contributed by atoms with Gasteiger partial charge in [0, 0.05) is 39.0 Å². The number of methoxy groups -OCH3 is 1. The second kappa shape index (κ2) is 19.3. The number of nitrogens with one attached hydrogen (secondary N) is 3. The van der Waals surface area contributed by atoms with Crippen LogP contribution in [0.5, 0.6) is 5.75 Å². The molecule has 1 aromatic rings. The molecular weight excluding hydrogens is 590 g/mol. The van der Waals surface area contributed by atoms with Gasteiger partial charge >= 0.3 is 12.1 Å². The van der Waals surface area contributed by atoms with Crippen LogP contribution in [0.15, 0.2) is 42.0 Å². The number of epoxide rings is 1. The molecule has 2 heterocycles. The summed E-state index contributed by atoms with van der Waals surface area (Å²) in [6.07, 6.45) is 8.88. The Bertz CT molecular complexity index is 1140. The summed E-state index contributed by atoms with van der Waals surface area (Å²) in [7, 11) is 5.86. The van der Waals surface area contributed by atoms with Gasteiger partial charge in [-0.1, -0.05) is 48.4 Å². The molecule has 12 heteroatoms. The van der Waals surface area contributed by atoms with Crippen molar-refractivity contribution in [2.24, 2.45) is 5.92 Å². The van der Waals surface area contributed by atoms with Gasteiger partial charge in [-0.15, -0.1) is 0 Å². The fraction of sp³-hybridized carbons (Fsp3) is 0.594. The molecule has 2 aliphatic heterocycles. The van der Waals surface area contributed by atoms with E-state index in [2.05, 4.69) is 41.9 Å². The highest BCUT2D eigenvalue weighted by atomic mass is 35.5. The Hall–Kier alpha value is -3.12. The van der Waals surface area contributed by atoms with E-state index in [1.54, 1.807) is 28.1 Å². The number of carbonyl (C=O) groups is 3. The molecule has 2 aliphatic rings. The third-order valence-electron chi connectivity index (χ3n) is 7.67. The van der Waals surface area contributed by atoms with E-state index in [0.29, 0.717) is 23.6 Å². The van der Waals surface area contributed by atoms with Crippen molar-refractivity contribution >= 4 is 29.6 Å². The molecule has 0 saturated carbocycles. The lowest BCUT2D eigenvalue weighted by Gasteiger charge is -2.33. The standard InChI is InChI=1S/C27H37ClN2O5.C4H9NO2.CH4O/c1-17(14-19-10-11-21(28)23(15-19)33-5)8-6-7-9-20-16-22(34-26(32)30-20)18(2)25-27(3,35-25)13-12-24(31)29-4;1-3(5-2)4(6)7;1-2/h6-8,10-11,15,18,20,22,25H,9,12-14,16H2,1-5H3,(H,29,31)(H,30,32);3,5H,1-2H3,(H,6,7);2H,1H3/b7-6+,17-8+;;/t18-,20?,22?,25?,27?;3-;/m11./s1. The molecule has 3 rings (SSSR count). The number of rotatable bonds is 13. The van der Waals surface area contributed by atoms with Crippen LogP contribution < -0.4 is 20.7 Å². The molecule has 6 atom stereocenters. The van der Waals surface area contributed by atoms with E-state index >= 15 is 0 Å². The van der Waals surface area contributed by atoms with Crippen LogP contribution in [0.2, 0.25) is 5.02 Å². The average Bonchev–Trinajstić information content (AvgIpc) is 3.70. The van der Waals surface area contributed by atoms with Gasteiger partial charge in [-0.25, -0.2) is 4.79 Å². The summed E-state index contributed by atoms with van der Waals surface area (Å²) < 4.78 is 16.8. The SMILES string of the molecule is CNC(=O)CCC1(C)OC1[C@H](C)C1CC(C/C=C/C=C(\C)Cc2ccc(Cl)c(OC)c2)NC(=O)O1.CN[C@H](C)C(=O)O.CO. The van der Waals surface area contributed by atoms with Gasteiger partial charge in [-0.3, -0.25) is 9.59 Å². The predicted octanol–water partition coefficient (Wildman–Crippen LogP) is 4.26. The molecule has 248 valence electrons.